The van der Waals surface area contributed by atoms with E-state index in [1.54, 1.807) is 11.8 Å². The molecule has 0 spiro atoms. The Balaban J connectivity index is 1.90. The van der Waals surface area contributed by atoms with E-state index < -0.39 is 0 Å². The van der Waals surface area contributed by atoms with E-state index in [-0.39, 0.29) is 0 Å². The summed E-state index contributed by atoms with van der Waals surface area (Å²) < 4.78 is 0. The Morgan fingerprint density at radius 2 is 2.07 bits per heavy atom. The van der Waals surface area contributed by atoms with Gasteiger partial charge in [-0.1, -0.05) is 18.2 Å². The number of hydrogen-bond donors (Lipinski definition) is 1. The molecule has 0 atom stereocenters. The van der Waals surface area contributed by atoms with Crippen molar-refractivity contribution in [2.45, 2.75) is 31.3 Å². The van der Waals surface area contributed by atoms with Gasteiger partial charge in [-0.3, -0.25) is 0 Å². The molecule has 2 rings (SSSR count). The van der Waals surface area contributed by atoms with Gasteiger partial charge in [-0.05, 0) is 36.5 Å². The number of hydrogen-bond acceptors (Lipinski definition) is 4. The molecule has 0 amide bonds. The predicted octanol–water partition coefficient (Wildman–Crippen LogP) is 2.98. The molecular formula is C11H16N2S2. The van der Waals surface area contributed by atoms with E-state index in [1.807, 2.05) is 19.3 Å². The smallest absolute Gasteiger partial charge is 0.187 e. The molecule has 4 heteroatoms. The van der Waals surface area contributed by atoms with Crippen molar-refractivity contribution in [2.75, 3.05) is 11.5 Å². The van der Waals surface area contributed by atoms with E-state index in [0.717, 1.165) is 22.2 Å². The normalized spacial score (nSPS) is 18.5. The molecule has 82 valence electrons. The molecule has 1 aromatic rings. The van der Waals surface area contributed by atoms with E-state index in [2.05, 4.69) is 22.6 Å². The third-order valence-corrected chi connectivity index (χ3v) is 4.91. The van der Waals surface area contributed by atoms with Crippen molar-refractivity contribution >= 4 is 24.4 Å². The first-order valence-corrected chi connectivity index (χ1v) is 6.88. The summed E-state index contributed by atoms with van der Waals surface area (Å²) in [5.74, 6) is 2.10. The molecule has 1 aliphatic carbocycles. The topological polar surface area (TPSA) is 25.8 Å². The Labute approximate surface area is 101 Å². The summed E-state index contributed by atoms with van der Waals surface area (Å²) in [6.07, 6.45) is 7.74. The molecule has 0 aliphatic heterocycles. The van der Waals surface area contributed by atoms with Gasteiger partial charge < -0.3 is 0 Å². The van der Waals surface area contributed by atoms with Crippen molar-refractivity contribution in [1.29, 1.82) is 0 Å². The van der Waals surface area contributed by atoms with E-state index in [4.69, 9.17) is 0 Å². The van der Waals surface area contributed by atoms with Crippen molar-refractivity contribution < 1.29 is 0 Å². The SMILES string of the molecule is Cc1cnc(SCC2(CS)CCC2)nc1. The molecule has 1 aliphatic rings. The zero-order valence-electron chi connectivity index (χ0n) is 8.94. The van der Waals surface area contributed by atoms with Crippen LogP contribution in [0.2, 0.25) is 0 Å². The molecular weight excluding hydrogens is 224 g/mol. The minimum absolute atomic E-state index is 0.460. The third-order valence-electron chi connectivity index (χ3n) is 3.01. The lowest BCUT2D eigenvalue weighted by Crippen LogP contribution is -2.33. The highest BCUT2D eigenvalue weighted by Gasteiger charge is 2.35. The van der Waals surface area contributed by atoms with Crippen molar-refractivity contribution in [2.24, 2.45) is 5.41 Å². The maximum Gasteiger partial charge on any atom is 0.187 e. The van der Waals surface area contributed by atoms with Crippen LogP contribution in [0.5, 0.6) is 0 Å². The molecule has 0 radical (unpaired) electrons. The molecule has 15 heavy (non-hydrogen) atoms. The van der Waals surface area contributed by atoms with Crippen LogP contribution in [0.4, 0.5) is 0 Å². The average molecular weight is 240 g/mol. The summed E-state index contributed by atoms with van der Waals surface area (Å²) in [4.78, 5) is 8.60. The fourth-order valence-corrected chi connectivity index (χ4v) is 3.36. The van der Waals surface area contributed by atoms with Crippen LogP contribution < -0.4 is 0 Å². The summed E-state index contributed by atoms with van der Waals surface area (Å²) in [6, 6.07) is 0. The van der Waals surface area contributed by atoms with Crippen molar-refractivity contribution in [3.8, 4) is 0 Å². The molecule has 0 saturated heterocycles. The number of aromatic nitrogens is 2. The highest BCUT2D eigenvalue weighted by Crippen LogP contribution is 2.44. The van der Waals surface area contributed by atoms with E-state index in [9.17, 15) is 0 Å². The van der Waals surface area contributed by atoms with Gasteiger partial charge in [0.1, 0.15) is 0 Å². The van der Waals surface area contributed by atoms with E-state index in [1.165, 1.54) is 19.3 Å². The summed E-state index contributed by atoms with van der Waals surface area (Å²) in [6.45, 7) is 2.01. The number of thiol groups is 1. The lowest BCUT2D eigenvalue weighted by atomic mass is 9.72. The minimum atomic E-state index is 0.460. The summed E-state index contributed by atoms with van der Waals surface area (Å²) >= 11 is 6.21. The second-order valence-corrected chi connectivity index (χ2v) is 5.60. The summed E-state index contributed by atoms with van der Waals surface area (Å²) in [5, 5.41) is 0.897. The second kappa shape index (κ2) is 4.74. The van der Waals surface area contributed by atoms with Crippen LogP contribution >= 0.6 is 24.4 Å². The van der Waals surface area contributed by atoms with Crippen molar-refractivity contribution in [3.63, 3.8) is 0 Å². The van der Waals surface area contributed by atoms with Gasteiger partial charge in [0.25, 0.3) is 0 Å². The first-order valence-electron chi connectivity index (χ1n) is 5.26. The van der Waals surface area contributed by atoms with Gasteiger partial charge in [0.2, 0.25) is 0 Å². The Morgan fingerprint density at radius 1 is 1.40 bits per heavy atom. The van der Waals surface area contributed by atoms with Gasteiger partial charge in [-0.25, -0.2) is 9.97 Å². The van der Waals surface area contributed by atoms with Crippen LogP contribution in [0.1, 0.15) is 24.8 Å². The van der Waals surface area contributed by atoms with Gasteiger partial charge >= 0.3 is 0 Å². The van der Waals surface area contributed by atoms with Crippen molar-refractivity contribution in [3.05, 3.63) is 18.0 Å². The Kier molecular flexibility index (Phi) is 3.57. The number of rotatable bonds is 4. The monoisotopic (exact) mass is 240 g/mol. The molecule has 2 nitrogen and oxygen atoms in total. The van der Waals surface area contributed by atoms with Gasteiger partial charge in [0.15, 0.2) is 5.16 Å². The second-order valence-electron chi connectivity index (χ2n) is 4.34. The molecule has 0 N–H and O–H groups in total. The Morgan fingerprint density at radius 3 is 2.53 bits per heavy atom. The van der Waals surface area contributed by atoms with E-state index >= 15 is 0 Å². The minimum Gasteiger partial charge on any atom is -0.231 e. The highest BCUT2D eigenvalue weighted by molar-refractivity contribution is 7.99. The Hall–Kier alpha value is -0.220. The van der Waals surface area contributed by atoms with Crippen LogP contribution in [0.15, 0.2) is 17.6 Å². The molecule has 1 aromatic heterocycles. The quantitative estimate of drug-likeness (QED) is 0.498. The van der Waals surface area contributed by atoms with Crippen LogP contribution in [0, 0.1) is 12.3 Å². The van der Waals surface area contributed by atoms with Crippen LogP contribution in [-0.2, 0) is 0 Å². The third kappa shape index (κ3) is 2.67. The molecule has 1 fully saturated rings. The number of nitrogens with zero attached hydrogens (tertiary/aromatic N) is 2. The lowest BCUT2D eigenvalue weighted by molar-refractivity contribution is 0.205. The zero-order chi connectivity index (χ0) is 10.7. The number of aryl methyl sites for hydroxylation is 1. The first-order chi connectivity index (χ1) is 7.24. The predicted molar refractivity (Wildman–Crippen MR) is 67.6 cm³/mol. The lowest BCUT2D eigenvalue weighted by Gasteiger charge is -2.40. The highest BCUT2D eigenvalue weighted by atomic mass is 32.2. The zero-order valence-corrected chi connectivity index (χ0v) is 10.7. The van der Waals surface area contributed by atoms with Gasteiger partial charge in [-0.15, -0.1) is 0 Å². The molecule has 0 unspecified atom stereocenters. The van der Waals surface area contributed by atoms with E-state index in [0.29, 0.717) is 5.41 Å². The fraction of sp³-hybridized carbons (Fsp3) is 0.636. The standard InChI is InChI=1S/C11H16N2S2/c1-9-5-12-10(13-6-9)15-8-11(7-14)3-2-4-11/h5-6,14H,2-4,7-8H2,1H3. The fourth-order valence-electron chi connectivity index (χ4n) is 1.70. The van der Waals surface area contributed by atoms with Crippen LogP contribution in [0.25, 0.3) is 0 Å². The van der Waals surface area contributed by atoms with Gasteiger partial charge in [-0.2, -0.15) is 12.6 Å². The molecule has 0 aromatic carbocycles. The van der Waals surface area contributed by atoms with Crippen LogP contribution in [0.3, 0.4) is 0 Å². The largest absolute Gasteiger partial charge is 0.231 e. The average Bonchev–Trinajstić information content (AvgIpc) is 2.20. The maximum atomic E-state index is 4.44. The molecule has 1 heterocycles. The van der Waals surface area contributed by atoms with Crippen molar-refractivity contribution in [1.82, 2.24) is 9.97 Å². The number of thioether (sulfide) groups is 1. The maximum absolute atomic E-state index is 4.44. The van der Waals surface area contributed by atoms with Gasteiger partial charge in [0.05, 0.1) is 0 Å². The van der Waals surface area contributed by atoms with Gasteiger partial charge in [0, 0.05) is 18.1 Å². The molecule has 1 saturated carbocycles. The van der Waals surface area contributed by atoms with Crippen LogP contribution in [-0.4, -0.2) is 21.5 Å². The Bertz CT molecular complexity index is 314. The summed E-state index contributed by atoms with van der Waals surface area (Å²) in [7, 11) is 0. The molecule has 0 bridgehead atoms. The first kappa shape index (κ1) is 11.3. The summed E-state index contributed by atoms with van der Waals surface area (Å²) in [5.41, 5.74) is 1.58.